The van der Waals surface area contributed by atoms with Crippen LogP contribution in [0.3, 0.4) is 0 Å². The Labute approximate surface area is 136 Å². The molecule has 5 nitrogen and oxygen atoms in total. The Balaban J connectivity index is 1.29. The minimum absolute atomic E-state index is 0.499. The van der Waals surface area contributed by atoms with Gasteiger partial charge < -0.3 is 14.8 Å². The standard InChI is InChI=1S/C18H21N3O2/c1-2-5-21-18(3-1)23-11-14-8-17(14)13-7-16(10-19-9-13)22-12-15-4-6-20-15/h1-3,5,7,9-10,14-15,17,20H,4,6,8,11-12H2/t14-,15-,17+/m0/s1. The fourth-order valence-corrected chi connectivity index (χ4v) is 2.87. The first-order valence-corrected chi connectivity index (χ1v) is 8.23. The maximum Gasteiger partial charge on any atom is 0.213 e. The van der Waals surface area contributed by atoms with Crippen molar-refractivity contribution < 1.29 is 9.47 Å². The zero-order valence-electron chi connectivity index (χ0n) is 13.0. The van der Waals surface area contributed by atoms with Gasteiger partial charge in [-0.2, -0.15) is 0 Å². The number of pyridine rings is 2. The molecule has 2 aromatic heterocycles. The van der Waals surface area contributed by atoms with Crippen LogP contribution >= 0.6 is 0 Å². The summed E-state index contributed by atoms with van der Waals surface area (Å²) in [6.07, 6.45) is 7.83. The van der Waals surface area contributed by atoms with E-state index in [1.54, 1.807) is 12.4 Å². The summed E-state index contributed by atoms with van der Waals surface area (Å²) in [6.45, 7) is 2.53. The van der Waals surface area contributed by atoms with Crippen molar-refractivity contribution in [1.82, 2.24) is 15.3 Å². The molecule has 3 heterocycles. The van der Waals surface area contributed by atoms with Crippen molar-refractivity contribution in [3.63, 3.8) is 0 Å². The summed E-state index contributed by atoms with van der Waals surface area (Å²) in [4.78, 5) is 8.51. The Kier molecular flexibility index (Phi) is 4.11. The first kappa shape index (κ1) is 14.5. The zero-order valence-corrected chi connectivity index (χ0v) is 13.0. The lowest BCUT2D eigenvalue weighted by Crippen LogP contribution is -2.46. The molecule has 23 heavy (non-hydrogen) atoms. The molecular formula is C18H21N3O2. The van der Waals surface area contributed by atoms with Gasteiger partial charge in [0.25, 0.3) is 0 Å². The van der Waals surface area contributed by atoms with Crippen LogP contribution < -0.4 is 14.8 Å². The molecular weight excluding hydrogens is 290 g/mol. The molecule has 2 aliphatic rings. The number of hydrogen-bond acceptors (Lipinski definition) is 5. The number of ether oxygens (including phenoxy) is 2. The van der Waals surface area contributed by atoms with Crippen molar-refractivity contribution >= 4 is 0 Å². The highest BCUT2D eigenvalue weighted by Crippen LogP contribution is 2.47. The Morgan fingerprint density at radius 2 is 2.13 bits per heavy atom. The summed E-state index contributed by atoms with van der Waals surface area (Å²) in [5, 5.41) is 3.34. The lowest BCUT2D eigenvalue weighted by atomic mass is 10.1. The van der Waals surface area contributed by atoms with Gasteiger partial charge in [0.1, 0.15) is 12.4 Å². The van der Waals surface area contributed by atoms with Crippen molar-refractivity contribution in [3.8, 4) is 11.6 Å². The average molecular weight is 311 g/mol. The topological polar surface area (TPSA) is 56.3 Å². The second kappa shape index (κ2) is 6.54. The van der Waals surface area contributed by atoms with E-state index in [2.05, 4.69) is 21.4 Å². The van der Waals surface area contributed by atoms with Gasteiger partial charge in [0.05, 0.1) is 12.8 Å². The number of nitrogens with one attached hydrogen (secondary N) is 1. The molecule has 0 aromatic carbocycles. The summed E-state index contributed by atoms with van der Waals surface area (Å²) in [6, 6.07) is 8.34. The quantitative estimate of drug-likeness (QED) is 0.851. The molecule has 5 heteroatoms. The summed E-state index contributed by atoms with van der Waals surface area (Å²) in [5.41, 5.74) is 1.25. The third-order valence-corrected chi connectivity index (χ3v) is 4.55. The van der Waals surface area contributed by atoms with E-state index in [1.807, 2.05) is 24.4 Å². The van der Waals surface area contributed by atoms with Crippen molar-refractivity contribution in [2.45, 2.75) is 24.8 Å². The van der Waals surface area contributed by atoms with Gasteiger partial charge in [-0.25, -0.2) is 4.98 Å². The Bertz CT molecular complexity index is 646. The molecule has 1 saturated heterocycles. The minimum Gasteiger partial charge on any atom is -0.490 e. The van der Waals surface area contributed by atoms with Gasteiger partial charge in [-0.05, 0) is 43.0 Å². The van der Waals surface area contributed by atoms with Crippen molar-refractivity contribution in [2.75, 3.05) is 19.8 Å². The van der Waals surface area contributed by atoms with E-state index in [0.29, 0.717) is 30.4 Å². The summed E-state index contributed by atoms with van der Waals surface area (Å²) in [5.74, 6) is 2.63. The molecule has 0 unspecified atom stereocenters. The number of hydrogen-bond donors (Lipinski definition) is 1. The molecule has 4 rings (SSSR count). The van der Waals surface area contributed by atoms with E-state index < -0.39 is 0 Å². The molecule has 0 bridgehead atoms. The highest BCUT2D eigenvalue weighted by atomic mass is 16.5. The number of aromatic nitrogens is 2. The van der Waals surface area contributed by atoms with Crippen molar-refractivity contribution in [1.29, 1.82) is 0 Å². The first-order valence-electron chi connectivity index (χ1n) is 8.23. The van der Waals surface area contributed by atoms with Gasteiger partial charge >= 0.3 is 0 Å². The lowest BCUT2D eigenvalue weighted by molar-refractivity contribution is 0.216. The van der Waals surface area contributed by atoms with Gasteiger partial charge in [0, 0.05) is 30.4 Å². The first-order chi connectivity index (χ1) is 11.4. The minimum atomic E-state index is 0.499. The monoisotopic (exact) mass is 311 g/mol. The van der Waals surface area contributed by atoms with Crippen LogP contribution in [0, 0.1) is 5.92 Å². The molecule has 2 fully saturated rings. The van der Waals surface area contributed by atoms with Crippen LogP contribution in [0.15, 0.2) is 42.9 Å². The lowest BCUT2D eigenvalue weighted by Gasteiger charge is -2.27. The Morgan fingerprint density at radius 3 is 2.91 bits per heavy atom. The summed E-state index contributed by atoms with van der Waals surface area (Å²) < 4.78 is 11.6. The highest BCUT2D eigenvalue weighted by Gasteiger charge is 2.39. The normalized spacial score (nSPS) is 25.5. The second-order valence-corrected chi connectivity index (χ2v) is 6.29. The van der Waals surface area contributed by atoms with E-state index in [-0.39, 0.29) is 0 Å². The molecule has 1 saturated carbocycles. The number of rotatable bonds is 7. The molecule has 1 aliphatic heterocycles. The molecule has 2 aromatic rings. The van der Waals surface area contributed by atoms with Gasteiger partial charge in [0.15, 0.2) is 0 Å². The van der Waals surface area contributed by atoms with Crippen LogP contribution in [0.2, 0.25) is 0 Å². The maximum absolute atomic E-state index is 5.83. The fourth-order valence-electron chi connectivity index (χ4n) is 2.87. The second-order valence-electron chi connectivity index (χ2n) is 6.29. The molecule has 0 spiro atoms. The van der Waals surface area contributed by atoms with Gasteiger partial charge in [-0.3, -0.25) is 4.98 Å². The smallest absolute Gasteiger partial charge is 0.213 e. The number of nitrogens with zero attached hydrogens (tertiary/aromatic N) is 2. The third-order valence-electron chi connectivity index (χ3n) is 4.55. The van der Waals surface area contributed by atoms with Gasteiger partial charge in [-0.15, -0.1) is 0 Å². The van der Waals surface area contributed by atoms with Gasteiger partial charge in [-0.1, -0.05) is 6.07 Å². The maximum atomic E-state index is 5.83. The fraction of sp³-hybridized carbons (Fsp3) is 0.444. The van der Waals surface area contributed by atoms with Crippen LogP contribution in [0.25, 0.3) is 0 Å². The van der Waals surface area contributed by atoms with E-state index in [1.165, 1.54) is 12.0 Å². The Hall–Kier alpha value is -2.14. The molecule has 1 aliphatic carbocycles. The van der Waals surface area contributed by atoms with Crippen LogP contribution in [0.1, 0.15) is 24.3 Å². The van der Waals surface area contributed by atoms with Crippen LogP contribution in [-0.2, 0) is 0 Å². The largest absolute Gasteiger partial charge is 0.490 e. The zero-order chi connectivity index (χ0) is 15.5. The SMILES string of the molecule is c1ccc(OC[C@@H]2C[C@@H]2c2cncc(OC[C@@H]3CCN3)c2)nc1. The van der Waals surface area contributed by atoms with E-state index in [0.717, 1.165) is 25.3 Å². The van der Waals surface area contributed by atoms with Gasteiger partial charge in [0.2, 0.25) is 5.88 Å². The molecule has 3 atom stereocenters. The predicted molar refractivity (Wildman–Crippen MR) is 86.7 cm³/mol. The van der Waals surface area contributed by atoms with Crippen LogP contribution in [-0.4, -0.2) is 35.8 Å². The Morgan fingerprint density at radius 1 is 1.17 bits per heavy atom. The van der Waals surface area contributed by atoms with E-state index in [4.69, 9.17) is 9.47 Å². The molecule has 1 N–H and O–H groups in total. The van der Waals surface area contributed by atoms with Crippen LogP contribution in [0.4, 0.5) is 0 Å². The highest BCUT2D eigenvalue weighted by molar-refractivity contribution is 5.30. The van der Waals surface area contributed by atoms with Crippen LogP contribution in [0.5, 0.6) is 11.6 Å². The third kappa shape index (κ3) is 3.62. The summed E-state index contributed by atoms with van der Waals surface area (Å²) >= 11 is 0. The molecule has 120 valence electrons. The molecule has 0 radical (unpaired) electrons. The summed E-state index contributed by atoms with van der Waals surface area (Å²) in [7, 11) is 0. The van der Waals surface area contributed by atoms with E-state index >= 15 is 0 Å². The predicted octanol–water partition coefficient (Wildman–Crippen LogP) is 2.40. The van der Waals surface area contributed by atoms with Crippen molar-refractivity contribution in [3.05, 3.63) is 48.4 Å². The van der Waals surface area contributed by atoms with Crippen molar-refractivity contribution in [2.24, 2.45) is 5.92 Å². The van der Waals surface area contributed by atoms with E-state index in [9.17, 15) is 0 Å². The molecule has 0 amide bonds. The average Bonchev–Trinajstić information content (AvgIpc) is 3.33.